The standard InChI is InChI=1S/C21H17N7OS/c22-10-16-19(15-8-4-7-14(9-15)13-5-2-1-3-6-13)17(11-23)21(26-20(16)29)30-12-18(27-24)28-25/h1-9H,12,24-25H2,(H,26,29)(H,27,28). The van der Waals surface area contributed by atoms with Crippen molar-refractivity contribution in [1.29, 1.82) is 10.5 Å². The van der Waals surface area contributed by atoms with Gasteiger partial charge in [0.2, 0.25) is 0 Å². The smallest absolute Gasteiger partial charge is 0.267 e. The Hall–Kier alpha value is -4.05. The van der Waals surface area contributed by atoms with Gasteiger partial charge in [-0.15, -0.1) is 0 Å². The average Bonchev–Trinajstić information content (AvgIpc) is 2.80. The van der Waals surface area contributed by atoms with E-state index in [1.807, 2.05) is 54.6 Å². The van der Waals surface area contributed by atoms with Gasteiger partial charge in [0.15, 0.2) is 0 Å². The van der Waals surface area contributed by atoms with Crippen molar-refractivity contribution >= 4 is 17.6 Å². The van der Waals surface area contributed by atoms with E-state index in [-0.39, 0.29) is 28.3 Å². The number of nitriles is 2. The minimum atomic E-state index is -0.578. The average molecular weight is 415 g/mol. The Bertz CT molecular complexity index is 1240. The number of nitrogens with one attached hydrogen (secondary N) is 2. The van der Waals surface area contributed by atoms with Gasteiger partial charge in [-0.3, -0.25) is 4.79 Å². The van der Waals surface area contributed by atoms with Crippen LogP contribution in [0.25, 0.3) is 22.3 Å². The first kappa shape index (κ1) is 20.7. The zero-order valence-corrected chi connectivity index (χ0v) is 16.5. The molecule has 0 aliphatic carbocycles. The SMILES string of the molecule is N#Cc1c(SC/C(=N/N)NN)[nH]c(=O)c(C#N)c1-c1cccc(-c2ccccc2)c1. The minimum Gasteiger partial charge on any atom is -0.322 e. The van der Waals surface area contributed by atoms with Gasteiger partial charge in [-0.05, 0) is 22.8 Å². The number of H-pyrrole nitrogens is 1. The molecule has 0 fully saturated rings. The van der Waals surface area contributed by atoms with Crippen molar-refractivity contribution in [3.8, 4) is 34.4 Å². The summed E-state index contributed by atoms with van der Waals surface area (Å²) in [5, 5.41) is 23.2. The van der Waals surface area contributed by atoms with Crippen LogP contribution in [0, 0.1) is 22.7 Å². The maximum absolute atomic E-state index is 12.6. The van der Waals surface area contributed by atoms with Gasteiger partial charge in [0.1, 0.15) is 23.5 Å². The molecule has 30 heavy (non-hydrogen) atoms. The third-order valence-electron chi connectivity index (χ3n) is 4.34. The molecule has 0 atom stereocenters. The molecule has 9 heteroatoms. The van der Waals surface area contributed by atoms with Crippen LogP contribution in [0.1, 0.15) is 11.1 Å². The second-order valence-electron chi connectivity index (χ2n) is 6.09. The van der Waals surface area contributed by atoms with Crippen LogP contribution in [-0.2, 0) is 0 Å². The lowest BCUT2D eigenvalue weighted by Gasteiger charge is -2.12. The number of hydrogen-bond donors (Lipinski definition) is 4. The first-order chi connectivity index (χ1) is 14.6. The van der Waals surface area contributed by atoms with E-state index in [1.165, 1.54) is 0 Å². The monoisotopic (exact) mass is 415 g/mol. The molecule has 0 unspecified atom stereocenters. The van der Waals surface area contributed by atoms with E-state index in [2.05, 4.69) is 21.6 Å². The molecule has 0 bridgehead atoms. The molecule has 0 spiro atoms. The summed E-state index contributed by atoms with van der Waals surface area (Å²) in [6.45, 7) is 0. The molecule has 0 saturated carbocycles. The predicted octanol–water partition coefficient (Wildman–Crippen LogP) is 2.28. The van der Waals surface area contributed by atoms with E-state index in [4.69, 9.17) is 11.7 Å². The number of pyridine rings is 1. The van der Waals surface area contributed by atoms with Gasteiger partial charge in [-0.25, -0.2) is 5.84 Å². The van der Waals surface area contributed by atoms with Crippen LogP contribution in [0.2, 0.25) is 0 Å². The van der Waals surface area contributed by atoms with Crippen molar-refractivity contribution in [2.75, 3.05) is 5.75 Å². The molecule has 3 rings (SSSR count). The van der Waals surface area contributed by atoms with Crippen molar-refractivity contribution in [1.82, 2.24) is 10.4 Å². The highest BCUT2D eigenvalue weighted by Gasteiger charge is 2.20. The van der Waals surface area contributed by atoms with Gasteiger partial charge in [0.25, 0.3) is 5.56 Å². The van der Waals surface area contributed by atoms with Gasteiger partial charge in [-0.1, -0.05) is 60.3 Å². The van der Waals surface area contributed by atoms with Crippen molar-refractivity contribution < 1.29 is 0 Å². The lowest BCUT2D eigenvalue weighted by molar-refractivity contribution is 0.995. The van der Waals surface area contributed by atoms with E-state index >= 15 is 0 Å². The van der Waals surface area contributed by atoms with Crippen molar-refractivity contribution in [3.63, 3.8) is 0 Å². The molecule has 0 radical (unpaired) electrons. The summed E-state index contributed by atoms with van der Waals surface area (Å²) in [6, 6.07) is 21.1. The topological polar surface area (TPSA) is 157 Å². The molecular weight excluding hydrogens is 398 g/mol. The molecule has 6 N–H and O–H groups in total. The van der Waals surface area contributed by atoms with Gasteiger partial charge in [-0.2, -0.15) is 15.6 Å². The Kier molecular flexibility index (Phi) is 6.50. The van der Waals surface area contributed by atoms with Gasteiger partial charge in [0, 0.05) is 5.56 Å². The van der Waals surface area contributed by atoms with Crippen LogP contribution in [0.4, 0.5) is 0 Å². The first-order valence-corrected chi connectivity index (χ1v) is 9.74. The first-order valence-electron chi connectivity index (χ1n) is 8.75. The van der Waals surface area contributed by atoms with Crippen LogP contribution < -0.4 is 22.7 Å². The van der Waals surface area contributed by atoms with Crippen LogP contribution in [0.3, 0.4) is 0 Å². The minimum absolute atomic E-state index is 0.120. The highest BCUT2D eigenvalue weighted by molar-refractivity contribution is 8.00. The number of hydrogen-bond acceptors (Lipinski definition) is 7. The number of benzene rings is 2. The largest absolute Gasteiger partial charge is 0.322 e. The number of hydrazone groups is 1. The molecule has 0 aliphatic rings. The molecule has 148 valence electrons. The van der Waals surface area contributed by atoms with Crippen molar-refractivity contribution in [3.05, 3.63) is 76.1 Å². The molecule has 2 aromatic carbocycles. The summed E-state index contributed by atoms with van der Waals surface area (Å²) in [5.41, 5.74) is 4.61. The fraction of sp³-hybridized carbons (Fsp3) is 0.0476. The normalized spacial score (nSPS) is 10.8. The molecular formula is C21H17N7OS. The van der Waals surface area contributed by atoms with Crippen LogP contribution in [0.15, 0.2) is 69.5 Å². The maximum atomic E-state index is 12.6. The van der Waals surface area contributed by atoms with E-state index in [9.17, 15) is 15.3 Å². The fourth-order valence-corrected chi connectivity index (χ4v) is 3.83. The number of aromatic nitrogens is 1. The summed E-state index contributed by atoms with van der Waals surface area (Å²) < 4.78 is 0. The number of hydrazine groups is 1. The highest BCUT2D eigenvalue weighted by atomic mass is 32.2. The number of rotatable bonds is 5. The molecule has 0 amide bonds. The number of nitrogens with zero attached hydrogens (tertiary/aromatic N) is 3. The van der Waals surface area contributed by atoms with E-state index in [0.29, 0.717) is 10.6 Å². The Labute approximate surface area is 176 Å². The van der Waals surface area contributed by atoms with Crippen LogP contribution >= 0.6 is 11.8 Å². The van der Waals surface area contributed by atoms with Crippen molar-refractivity contribution in [2.45, 2.75) is 5.03 Å². The summed E-state index contributed by atoms with van der Waals surface area (Å²) in [4.78, 5) is 15.2. The molecule has 8 nitrogen and oxygen atoms in total. The Morgan fingerprint density at radius 1 is 1.03 bits per heavy atom. The summed E-state index contributed by atoms with van der Waals surface area (Å²) >= 11 is 1.13. The van der Waals surface area contributed by atoms with Gasteiger partial charge in [0.05, 0.1) is 16.3 Å². The number of thioether (sulfide) groups is 1. The lowest BCUT2D eigenvalue weighted by Crippen LogP contribution is -2.33. The van der Waals surface area contributed by atoms with Gasteiger partial charge < -0.3 is 16.3 Å². The molecule has 1 aromatic heterocycles. The third kappa shape index (κ3) is 4.18. The summed E-state index contributed by atoms with van der Waals surface area (Å²) in [6.07, 6.45) is 0. The zero-order valence-electron chi connectivity index (χ0n) is 15.7. The third-order valence-corrected chi connectivity index (χ3v) is 5.35. The van der Waals surface area contributed by atoms with Gasteiger partial charge >= 0.3 is 0 Å². The predicted molar refractivity (Wildman–Crippen MR) is 117 cm³/mol. The Balaban J connectivity index is 2.18. The molecule has 0 saturated heterocycles. The van der Waals surface area contributed by atoms with Crippen LogP contribution in [-0.4, -0.2) is 16.6 Å². The molecule has 0 aliphatic heterocycles. The maximum Gasteiger partial charge on any atom is 0.267 e. The zero-order chi connectivity index (χ0) is 21.5. The fourth-order valence-electron chi connectivity index (χ4n) is 2.93. The summed E-state index contributed by atoms with van der Waals surface area (Å²) in [5.74, 6) is 11.1. The Morgan fingerprint density at radius 3 is 2.33 bits per heavy atom. The lowest BCUT2D eigenvalue weighted by atomic mass is 9.94. The Morgan fingerprint density at radius 2 is 1.70 bits per heavy atom. The quantitative estimate of drug-likeness (QED) is 0.164. The second kappa shape index (κ2) is 9.43. The van der Waals surface area contributed by atoms with E-state index < -0.39 is 5.56 Å². The molecule has 1 heterocycles. The second-order valence-corrected chi connectivity index (χ2v) is 7.07. The van der Waals surface area contributed by atoms with Crippen molar-refractivity contribution in [2.24, 2.45) is 16.8 Å². The van der Waals surface area contributed by atoms with Crippen LogP contribution in [0.5, 0.6) is 0 Å². The number of amidine groups is 1. The number of nitrogens with two attached hydrogens (primary N) is 2. The summed E-state index contributed by atoms with van der Waals surface area (Å²) in [7, 11) is 0. The molecule has 3 aromatic rings. The number of aromatic amines is 1. The van der Waals surface area contributed by atoms with E-state index in [1.54, 1.807) is 6.07 Å². The highest BCUT2D eigenvalue weighted by Crippen LogP contribution is 2.33. The van der Waals surface area contributed by atoms with E-state index in [0.717, 1.165) is 22.9 Å².